The van der Waals surface area contributed by atoms with E-state index < -0.39 is 26.0 Å². The largest absolute Gasteiger partial charge is 0.382 e. The van der Waals surface area contributed by atoms with E-state index in [0.717, 1.165) is 5.56 Å². The van der Waals surface area contributed by atoms with E-state index in [4.69, 9.17) is 4.74 Å². The van der Waals surface area contributed by atoms with Crippen molar-refractivity contribution in [3.63, 3.8) is 0 Å². The van der Waals surface area contributed by atoms with Crippen molar-refractivity contribution < 1.29 is 26.4 Å². The third kappa shape index (κ3) is 8.32. The number of hydrogen-bond acceptors (Lipinski definition) is 6. The van der Waals surface area contributed by atoms with E-state index >= 15 is 0 Å². The summed E-state index contributed by atoms with van der Waals surface area (Å²) >= 11 is 0. The molecule has 0 radical (unpaired) electrons. The topological polar surface area (TPSA) is 131 Å². The molecule has 11 heteroatoms. The summed E-state index contributed by atoms with van der Waals surface area (Å²) in [5, 5.41) is 2.61. The zero-order valence-electron chi connectivity index (χ0n) is 18.1. The third-order valence-electron chi connectivity index (χ3n) is 4.39. The molecular formula is C21H29N3O6S2. The predicted octanol–water partition coefficient (Wildman–Crippen LogP) is 2.01. The van der Waals surface area contributed by atoms with Crippen molar-refractivity contribution in [2.75, 3.05) is 31.6 Å². The highest BCUT2D eigenvalue weighted by molar-refractivity contribution is 7.89. The van der Waals surface area contributed by atoms with Crippen LogP contribution in [0.25, 0.3) is 0 Å². The Morgan fingerprint density at radius 3 is 1.94 bits per heavy atom. The number of carbonyl (C=O) groups excluding carboxylic acids is 1. The van der Waals surface area contributed by atoms with Crippen molar-refractivity contribution in [1.82, 2.24) is 9.44 Å². The lowest BCUT2D eigenvalue weighted by Gasteiger charge is -2.09. The minimum absolute atomic E-state index is 0.0693. The number of sulfonamides is 2. The van der Waals surface area contributed by atoms with Gasteiger partial charge >= 0.3 is 0 Å². The maximum atomic E-state index is 12.3. The van der Waals surface area contributed by atoms with Crippen LogP contribution < -0.4 is 14.8 Å². The first-order valence-corrected chi connectivity index (χ1v) is 13.1. The fraction of sp³-hybridized carbons (Fsp3) is 0.381. The molecule has 0 aliphatic carbocycles. The molecule has 0 aromatic heterocycles. The summed E-state index contributed by atoms with van der Waals surface area (Å²) in [6.45, 7) is 4.98. The molecule has 0 unspecified atom stereocenters. The van der Waals surface area contributed by atoms with Gasteiger partial charge in [0.05, 0.1) is 9.79 Å². The second-order valence-corrected chi connectivity index (χ2v) is 10.5. The molecule has 0 saturated heterocycles. The fourth-order valence-electron chi connectivity index (χ4n) is 2.65. The highest BCUT2D eigenvalue weighted by Gasteiger charge is 2.15. The lowest BCUT2D eigenvalue weighted by atomic mass is 10.2. The maximum absolute atomic E-state index is 12.3. The Morgan fingerprint density at radius 2 is 1.38 bits per heavy atom. The normalized spacial score (nSPS) is 11.9. The molecule has 176 valence electrons. The summed E-state index contributed by atoms with van der Waals surface area (Å²) in [5.74, 6) is -0.402. The summed E-state index contributed by atoms with van der Waals surface area (Å²) in [4.78, 5) is 12.3. The van der Waals surface area contributed by atoms with Crippen molar-refractivity contribution in [2.24, 2.45) is 0 Å². The smallest absolute Gasteiger partial charge is 0.240 e. The first-order valence-electron chi connectivity index (χ1n) is 10.2. The monoisotopic (exact) mass is 483 g/mol. The van der Waals surface area contributed by atoms with Crippen LogP contribution in [0.15, 0.2) is 58.3 Å². The van der Waals surface area contributed by atoms with Gasteiger partial charge in [0.15, 0.2) is 0 Å². The molecule has 0 atom stereocenters. The van der Waals surface area contributed by atoms with Crippen LogP contribution in [0, 0.1) is 6.92 Å². The van der Waals surface area contributed by atoms with Crippen LogP contribution in [0.2, 0.25) is 0 Å². The van der Waals surface area contributed by atoms with Crippen LogP contribution >= 0.6 is 0 Å². The quantitative estimate of drug-likeness (QED) is 0.374. The van der Waals surface area contributed by atoms with Gasteiger partial charge < -0.3 is 10.1 Å². The van der Waals surface area contributed by atoms with E-state index in [0.29, 0.717) is 25.3 Å². The molecule has 2 rings (SSSR count). The van der Waals surface area contributed by atoms with Crippen molar-refractivity contribution in [2.45, 2.75) is 36.5 Å². The minimum atomic E-state index is -3.69. The molecule has 0 saturated carbocycles. The zero-order chi connectivity index (χ0) is 23.6. The first-order chi connectivity index (χ1) is 15.1. The third-order valence-corrected chi connectivity index (χ3v) is 7.34. The molecule has 0 spiro atoms. The second-order valence-electron chi connectivity index (χ2n) is 6.98. The van der Waals surface area contributed by atoms with Crippen LogP contribution in [0.1, 0.15) is 25.3 Å². The second kappa shape index (κ2) is 12.1. The molecular weight excluding hydrogens is 454 g/mol. The average molecular weight is 484 g/mol. The van der Waals surface area contributed by atoms with Gasteiger partial charge in [-0.3, -0.25) is 4.79 Å². The molecule has 2 aromatic carbocycles. The summed E-state index contributed by atoms with van der Waals surface area (Å²) in [6, 6.07) is 12.1. The number of rotatable bonds is 13. The van der Waals surface area contributed by atoms with Crippen LogP contribution in [-0.2, 0) is 29.6 Å². The predicted molar refractivity (Wildman–Crippen MR) is 122 cm³/mol. The molecule has 9 nitrogen and oxygen atoms in total. The number of aryl methyl sites for hydroxylation is 1. The lowest BCUT2D eigenvalue weighted by molar-refractivity contribution is -0.116. The SMILES string of the molecule is CCOCCCNS(=O)(=O)c1ccc(NC(=O)CCNS(=O)(=O)c2ccc(C)cc2)cc1. The molecule has 0 aliphatic heterocycles. The van der Waals surface area contributed by atoms with Gasteiger partial charge in [-0.1, -0.05) is 17.7 Å². The van der Waals surface area contributed by atoms with E-state index in [1.165, 1.54) is 36.4 Å². The number of amides is 1. The summed E-state index contributed by atoms with van der Waals surface area (Å²) in [5.41, 5.74) is 1.35. The van der Waals surface area contributed by atoms with Gasteiger partial charge in [-0.25, -0.2) is 26.3 Å². The van der Waals surface area contributed by atoms with Gasteiger partial charge in [-0.15, -0.1) is 0 Å². The van der Waals surface area contributed by atoms with Crippen molar-refractivity contribution in [3.05, 3.63) is 54.1 Å². The lowest BCUT2D eigenvalue weighted by Crippen LogP contribution is -2.28. The van der Waals surface area contributed by atoms with Crippen molar-refractivity contribution >= 4 is 31.6 Å². The highest BCUT2D eigenvalue weighted by Crippen LogP contribution is 2.14. The van der Waals surface area contributed by atoms with Gasteiger partial charge in [-0.05, 0) is 56.7 Å². The minimum Gasteiger partial charge on any atom is -0.382 e. The Bertz CT molecular complexity index is 1080. The molecule has 1 amide bonds. The average Bonchev–Trinajstić information content (AvgIpc) is 2.74. The van der Waals surface area contributed by atoms with Crippen molar-refractivity contribution in [3.8, 4) is 0 Å². The first kappa shape index (κ1) is 25.9. The van der Waals surface area contributed by atoms with Gasteiger partial charge in [0.2, 0.25) is 26.0 Å². The molecule has 0 bridgehead atoms. The summed E-state index contributed by atoms with van der Waals surface area (Å²) in [6.07, 6.45) is 0.488. The molecule has 0 fully saturated rings. The Hall–Kier alpha value is -2.31. The molecule has 3 N–H and O–H groups in total. The van der Waals surface area contributed by atoms with Gasteiger partial charge in [0.25, 0.3) is 0 Å². The number of anilines is 1. The molecule has 2 aromatic rings. The van der Waals surface area contributed by atoms with Crippen LogP contribution in [0.5, 0.6) is 0 Å². The van der Waals surface area contributed by atoms with Crippen LogP contribution in [0.4, 0.5) is 5.69 Å². The fourth-order valence-corrected chi connectivity index (χ4v) is 4.75. The van der Waals surface area contributed by atoms with Crippen molar-refractivity contribution in [1.29, 1.82) is 0 Å². The Kier molecular flexibility index (Phi) is 9.79. The summed E-state index contributed by atoms with van der Waals surface area (Å²) < 4.78 is 59.0. The molecule has 0 heterocycles. The molecule has 32 heavy (non-hydrogen) atoms. The summed E-state index contributed by atoms with van der Waals surface area (Å²) in [7, 11) is -7.34. The van der Waals surface area contributed by atoms with Gasteiger partial charge in [-0.2, -0.15) is 0 Å². The zero-order valence-corrected chi connectivity index (χ0v) is 19.8. The van der Waals surface area contributed by atoms with Gasteiger partial charge in [0, 0.05) is 38.4 Å². The van der Waals surface area contributed by atoms with Gasteiger partial charge in [0.1, 0.15) is 0 Å². The Balaban J connectivity index is 1.81. The van der Waals surface area contributed by atoms with Crippen LogP contribution in [0.3, 0.4) is 0 Å². The van der Waals surface area contributed by atoms with E-state index in [1.54, 1.807) is 12.1 Å². The molecule has 0 aliphatic rings. The Labute approximate surface area is 189 Å². The standard InChI is InChI=1S/C21H29N3O6S2/c1-3-30-16-4-14-22-31(26,27)20-11-7-18(8-12-20)24-21(25)13-15-23-32(28,29)19-9-5-17(2)6-10-19/h5-12,22-23H,3-4,13-16H2,1-2H3,(H,24,25). The number of hydrogen-bond donors (Lipinski definition) is 3. The van der Waals surface area contributed by atoms with E-state index in [1.807, 2.05) is 13.8 Å². The number of nitrogens with one attached hydrogen (secondary N) is 3. The van der Waals surface area contributed by atoms with E-state index in [-0.39, 0.29) is 29.3 Å². The Morgan fingerprint density at radius 1 is 0.844 bits per heavy atom. The van der Waals surface area contributed by atoms with E-state index in [9.17, 15) is 21.6 Å². The number of benzene rings is 2. The van der Waals surface area contributed by atoms with E-state index in [2.05, 4.69) is 14.8 Å². The number of ether oxygens (including phenoxy) is 1. The highest BCUT2D eigenvalue weighted by atomic mass is 32.2. The maximum Gasteiger partial charge on any atom is 0.240 e. The van der Waals surface area contributed by atoms with Crippen LogP contribution in [-0.4, -0.2) is 49.0 Å². The number of carbonyl (C=O) groups is 1.